The first kappa shape index (κ1) is 13.0. The summed E-state index contributed by atoms with van der Waals surface area (Å²) < 4.78 is 0. The van der Waals surface area contributed by atoms with Crippen LogP contribution < -0.4 is 10.3 Å². The maximum atomic E-state index is 12.6. The number of nitrogens with one attached hydrogen (secondary N) is 1. The first-order valence-electron chi connectivity index (χ1n) is 6.40. The van der Waals surface area contributed by atoms with Crippen molar-refractivity contribution in [1.82, 2.24) is 4.98 Å². The molecule has 0 spiro atoms. The van der Waals surface area contributed by atoms with Gasteiger partial charge in [-0.2, -0.15) is 0 Å². The molecule has 0 bridgehead atoms. The van der Waals surface area contributed by atoms with Gasteiger partial charge in [-0.1, -0.05) is 12.1 Å². The molecular formula is C15H14N2O2S. The van der Waals surface area contributed by atoms with Crippen molar-refractivity contribution in [3.8, 4) is 0 Å². The second kappa shape index (κ2) is 5.17. The number of nitrogens with zero attached hydrogens (tertiary/aromatic N) is 1. The molecule has 2 heterocycles. The van der Waals surface area contributed by atoms with Gasteiger partial charge in [-0.25, -0.2) is 0 Å². The molecule has 0 saturated heterocycles. The van der Waals surface area contributed by atoms with E-state index in [4.69, 9.17) is 0 Å². The highest BCUT2D eigenvalue weighted by atomic mass is 32.2. The van der Waals surface area contributed by atoms with Crippen molar-refractivity contribution in [2.75, 3.05) is 17.2 Å². The number of aromatic nitrogens is 1. The zero-order chi connectivity index (χ0) is 14.1. The van der Waals surface area contributed by atoms with E-state index in [1.165, 1.54) is 12.3 Å². The fourth-order valence-corrected chi connectivity index (χ4v) is 3.26. The summed E-state index contributed by atoms with van der Waals surface area (Å²) in [7, 11) is 0. The van der Waals surface area contributed by atoms with Gasteiger partial charge in [0.25, 0.3) is 5.91 Å². The number of aromatic amines is 1. The summed E-state index contributed by atoms with van der Waals surface area (Å²) in [6.45, 7) is 2.41. The topological polar surface area (TPSA) is 53.2 Å². The molecule has 1 aliphatic heterocycles. The van der Waals surface area contributed by atoms with E-state index in [0.717, 1.165) is 22.0 Å². The molecule has 0 aliphatic carbocycles. The van der Waals surface area contributed by atoms with Crippen molar-refractivity contribution in [3.05, 3.63) is 58.0 Å². The van der Waals surface area contributed by atoms with Crippen LogP contribution in [0.25, 0.3) is 0 Å². The van der Waals surface area contributed by atoms with Crippen LogP contribution in [-0.4, -0.2) is 23.2 Å². The van der Waals surface area contributed by atoms with Gasteiger partial charge in [0.2, 0.25) is 0 Å². The van der Waals surface area contributed by atoms with Crippen molar-refractivity contribution >= 4 is 23.4 Å². The molecule has 0 radical (unpaired) electrons. The maximum absolute atomic E-state index is 12.6. The van der Waals surface area contributed by atoms with Gasteiger partial charge in [0.05, 0.1) is 5.69 Å². The van der Waals surface area contributed by atoms with Gasteiger partial charge in [-0.3, -0.25) is 9.59 Å². The smallest absolute Gasteiger partial charge is 0.263 e. The summed E-state index contributed by atoms with van der Waals surface area (Å²) in [5, 5.41) is 0. The molecule has 3 rings (SSSR count). The monoisotopic (exact) mass is 286 g/mol. The number of para-hydroxylation sites is 1. The Balaban J connectivity index is 2.02. The van der Waals surface area contributed by atoms with Crippen LogP contribution in [0.3, 0.4) is 0 Å². The molecule has 1 N–H and O–H groups in total. The van der Waals surface area contributed by atoms with E-state index in [0.29, 0.717) is 6.54 Å². The SMILES string of the molecule is Cc1cc(=O)c(C(=O)N2CCSc3ccccc32)c[nH]1. The number of anilines is 1. The molecule has 20 heavy (non-hydrogen) atoms. The molecule has 1 amide bonds. The number of fused-ring (bicyclic) bond motifs is 1. The Morgan fingerprint density at radius 3 is 2.95 bits per heavy atom. The highest BCUT2D eigenvalue weighted by Crippen LogP contribution is 2.34. The Kier molecular flexibility index (Phi) is 3.36. The van der Waals surface area contributed by atoms with E-state index in [9.17, 15) is 9.59 Å². The summed E-state index contributed by atoms with van der Waals surface area (Å²) in [5.74, 6) is 0.603. The Hall–Kier alpha value is -2.01. The second-order valence-electron chi connectivity index (χ2n) is 4.67. The Morgan fingerprint density at radius 2 is 2.15 bits per heavy atom. The predicted molar refractivity (Wildman–Crippen MR) is 80.6 cm³/mol. The van der Waals surface area contributed by atoms with E-state index in [1.54, 1.807) is 23.6 Å². The highest BCUT2D eigenvalue weighted by molar-refractivity contribution is 7.99. The average Bonchev–Trinajstić information content (AvgIpc) is 2.46. The number of amides is 1. The zero-order valence-corrected chi connectivity index (χ0v) is 11.9. The fourth-order valence-electron chi connectivity index (χ4n) is 2.27. The molecule has 2 aromatic rings. The number of pyridine rings is 1. The molecule has 0 saturated carbocycles. The van der Waals surface area contributed by atoms with Crippen LogP contribution in [-0.2, 0) is 0 Å². The van der Waals surface area contributed by atoms with E-state index >= 15 is 0 Å². The number of carbonyl (C=O) groups is 1. The molecule has 0 atom stereocenters. The van der Waals surface area contributed by atoms with E-state index < -0.39 is 0 Å². The first-order chi connectivity index (χ1) is 9.66. The van der Waals surface area contributed by atoms with Crippen LogP contribution >= 0.6 is 11.8 Å². The molecule has 1 aliphatic rings. The predicted octanol–water partition coefficient (Wildman–Crippen LogP) is 2.44. The molecule has 4 nitrogen and oxygen atoms in total. The molecular weight excluding hydrogens is 272 g/mol. The van der Waals surface area contributed by atoms with E-state index in [2.05, 4.69) is 4.98 Å². The van der Waals surface area contributed by atoms with Gasteiger partial charge in [0.1, 0.15) is 5.56 Å². The lowest BCUT2D eigenvalue weighted by Gasteiger charge is -2.28. The van der Waals surface area contributed by atoms with Crippen LogP contribution in [0.15, 0.2) is 46.2 Å². The normalized spacial score (nSPS) is 13.9. The quantitative estimate of drug-likeness (QED) is 0.876. The standard InChI is InChI=1S/C15H14N2O2S/c1-10-8-13(18)11(9-16-10)15(19)17-6-7-20-14-5-3-2-4-12(14)17/h2-5,8-9H,6-7H2,1H3,(H,16,18). The number of hydrogen-bond acceptors (Lipinski definition) is 3. The Bertz CT molecular complexity index is 724. The number of benzene rings is 1. The summed E-state index contributed by atoms with van der Waals surface area (Å²) in [4.78, 5) is 30.3. The van der Waals surface area contributed by atoms with Crippen molar-refractivity contribution in [3.63, 3.8) is 0 Å². The van der Waals surface area contributed by atoms with Gasteiger partial charge in [-0.15, -0.1) is 11.8 Å². The van der Waals surface area contributed by atoms with Crippen molar-refractivity contribution in [2.45, 2.75) is 11.8 Å². The zero-order valence-electron chi connectivity index (χ0n) is 11.1. The third kappa shape index (κ3) is 2.25. The van der Waals surface area contributed by atoms with Crippen molar-refractivity contribution < 1.29 is 4.79 Å². The van der Waals surface area contributed by atoms with Gasteiger partial charge in [0, 0.05) is 35.2 Å². The van der Waals surface area contributed by atoms with Gasteiger partial charge >= 0.3 is 0 Å². The number of thioether (sulfide) groups is 1. The third-order valence-corrected chi connectivity index (χ3v) is 4.30. The number of carbonyl (C=O) groups excluding carboxylic acids is 1. The van der Waals surface area contributed by atoms with E-state index in [-0.39, 0.29) is 16.9 Å². The minimum absolute atomic E-state index is 0.192. The summed E-state index contributed by atoms with van der Waals surface area (Å²) in [6.07, 6.45) is 1.50. The number of rotatable bonds is 1. The highest BCUT2D eigenvalue weighted by Gasteiger charge is 2.25. The lowest BCUT2D eigenvalue weighted by atomic mass is 10.2. The summed E-state index contributed by atoms with van der Waals surface area (Å²) in [5.41, 5.74) is 1.59. The minimum Gasteiger partial charge on any atom is -0.364 e. The lowest BCUT2D eigenvalue weighted by Crippen LogP contribution is -2.38. The molecule has 1 aromatic heterocycles. The molecule has 0 fully saturated rings. The molecule has 5 heteroatoms. The molecule has 102 valence electrons. The lowest BCUT2D eigenvalue weighted by molar-refractivity contribution is 0.0986. The molecule has 1 aromatic carbocycles. The number of aryl methyl sites for hydroxylation is 1. The van der Waals surface area contributed by atoms with Gasteiger partial charge in [-0.05, 0) is 19.1 Å². The van der Waals surface area contributed by atoms with Crippen LogP contribution in [0.4, 0.5) is 5.69 Å². The van der Waals surface area contributed by atoms with Crippen LogP contribution in [0, 0.1) is 6.92 Å². The van der Waals surface area contributed by atoms with Gasteiger partial charge < -0.3 is 9.88 Å². The fraction of sp³-hybridized carbons (Fsp3) is 0.200. The molecule has 0 unspecified atom stereocenters. The van der Waals surface area contributed by atoms with E-state index in [1.807, 2.05) is 24.3 Å². The second-order valence-corrected chi connectivity index (χ2v) is 5.80. The number of H-pyrrole nitrogens is 1. The summed E-state index contributed by atoms with van der Waals surface area (Å²) in [6, 6.07) is 9.24. The van der Waals surface area contributed by atoms with Gasteiger partial charge in [0.15, 0.2) is 5.43 Å². The largest absolute Gasteiger partial charge is 0.364 e. The maximum Gasteiger partial charge on any atom is 0.263 e. The van der Waals surface area contributed by atoms with Crippen molar-refractivity contribution in [2.24, 2.45) is 0 Å². The van der Waals surface area contributed by atoms with Crippen LogP contribution in [0.1, 0.15) is 16.1 Å². The minimum atomic E-state index is -0.237. The number of hydrogen-bond donors (Lipinski definition) is 1. The average molecular weight is 286 g/mol. The summed E-state index contributed by atoms with van der Waals surface area (Å²) >= 11 is 1.73. The Morgan fingerprint density at radius 1 is 1.35 bits per heavy atom. The third-order valence-electron chi connectivity index (χ3n) is 3.26. The van der Waals surface area contributed by atoms with Crippen LogP contribution in [0.5, 0.6) is 0 Å². The Labute approximate surface area is 120 Å². The first-order valence-corrected chi connectivity index (χ1v) is 7.38. The van der Waals surface area contributed by atoms with Crippen LogP contribution in [0.2, 0.25) is 0 Å². The van der Waals surface area contributed by atoms with Crippen molar-refractivity contribution in [1.29, 1.82) is 0 Å².